The molecule has 0 bridgehead atoms. The first-order chi connectivity index (χ1) is 7.00. The highest BCUT2D eigenvalue weighted by Crippen LogP contribution is 2.12. The zero-order chi connectivity index (χ0) is 11.4. The fourth-order valence-corrected chi connectivity index (χ4v) is 0.975. The molecule has 1 heterocycles. The number of rotatable bonds is 5. The zero-order valence-corrected chi connectivity index (χ0v) is 9.19. The van der Waals surface area contributed by atoms with Gasteiger partial charge in [-0.25, -0.2) is 4.79 Å². The summed E-state index contributed by atoms with van der Waals surface area (Å²) < 4.78 is 10.5. The minimum atomic E-state index is -0.984. The molecular formula is C11H16O4. The summed E-state index contributed by atoms with van der Waals surface area (Å²) in [6.07, 6.45) is 1.35. The lowest BCUT2D eigenvalue weighted by molar-refractivity contribution is 0.0149. The van der Waals surface area contributed by atoms with E-state index >= 15 is 0 Å². The summed E-state index contributed by atoms with van der Waals surface area (Å²) in [6, 6.07) is 1.48. The van der Waals surface area contributed by atoms with Gasteiger partial charge in [0, 0.05) is 0 Å². The van der Waals surface area contributed by atoms with Crippen molar-refractivity contribution >= 4 is 5.97 Å². The molecule has 1 aromatic rings. The smallest absolute Gasteiger partial charge is 0.338 e. The summed E-state index contributed by atoms with van der Waals surface area (Å²) in [4.78, 5) is 10.6. The summed E-state index contributed by atoms with van der Waals surface area (Å²) in [7, 11) is 0. The van der Waals surface area contributed by atoms with Gasteiger partial charge in [-0.2, -0.15) is 0 Å². The highest BCUT2D eigenvalue weighted by Gasteiger charge is 2.11. The summed E-state index contributed by atoms with van der Waals surface area (Å²) in [5.41, 5.74) is 0.158. The molecule has 0 saturated carbocycles. The first-order valence-corrected chi connectivity index (χ1v) is 4.93. The molecule has 1 atom stereocenters. The molecule has 1 rings (SSSR count). The van der Waals surface area contributed by atoms with Crippen LogP contribution in [0.3, 0.4) is 0 Å². The molecular weight excluding hydrogens is 196 g/mol. The summed E-state index contributed by atoms with van der Waals surface area (Å²) in [6.45, 7) is 6.42. The molecule has 0 saturated heterocycles. The van der Waals surface area contributed by atoms with Gasteiger partial charge < -0.3 is 14.3 Å². The Morgan fingerprint density at radius 1 is 1.53 bits per heavy atom. The van der Waals surface area contributed by atoms with Gasteiger partial charge in [-0.3, -0.25) is 0 Å². The topological polar surface area (TPSA) is 59.7 Å². The van der Waals surface area contributed by atoms with E-state index in [1.54, 1.807) is 0 Å². The second kappa shape index (κ2) is 4.98. The first-order valence-electron chi connectivity index (χ1n) is 4.93. The van der Waals surface area contributed by atoms with Crippen molar-refractivity contribution in [1.82, 2.24) is 0 Å². The van der Waals surface area contributed by atoms with E-state index in [0.29, 0.717) is 18.3 Å². The van der Waals surface area contributed by atoms with Crippen LogP contribution in [0.5, 0.6) is 0 Å². The second-order valence-corrected chi connectivity index (χ2v) is 3.87. The fourth-order valence-electron chi connectivity index (χ4n) is 0.975. The SMILES string of the molecule is CC(C)C(C)OCc1cc(C(=O)O)co1. The third-order valence-corrected chi connectivity index (χ3v) is 2.33. The fraction of sp³-hybridized carbons (Fsp3) is 0.545. The van der Waals surface area contributed by atoms with E-state index in [9.17, 15) is 4.79 Å². The molecule has 15 heavy (non-hydrogen) atoms. The van der Waals surface area contributed by atoms with Crippen molar-refractivity contribution in [3.8, 4) is 0 Å². The van der Waals surface area contributed by atoms with Crippen LogP contribution in [-0.2, 0) is 11.3 Å². The molecule has 0 fully saturated rings. The molecule has 0 aliphatic rings. The van der Waals surface area contributed by atoms with Crippen LogP contribution in [0.25, 0.3) is 0 Å². The third kappa shape index (κ3) is 3.40. The molecule has 0 amide bonds. The zero-order valence-electron chi connectivity index (χ0n) is 9.19. The highest BCUT2D eigenvalue weighted by molar-refractivity contribution is 5.87. The van der Waals surface area contributed by atoms with Gasteiger partial charge in [0.15, 0.2) is 0 Å². The lowest BCUT2D eigenvalue weighted by Crippen LogP contribution is -2.14. The molecule has 1 aromatic heterocycles. The lowest BCUT2D eigenvalue weighted by atomic mass is 10.1. The van der Waals surface area contributed by atoms with Crippen molar-refractivity contribution in [2.45, 2.75) is 33.5 Å². The van der Waals surface area contributed by atoms with Crippen LogP contribution in [0.15, 0.2) is 16.7 Å². The highest BCUT2D eigenvalue weighted by atomic mass is 16.5. The van der Waals surface area contributed by atoms with E-state index in [1.807, 2.05) is 6.92 Å². The standard InChI is InChI=1S/C11H16O4/c1-7(2)8(3)14-6-10-4-9(5-15-10)11(12)13/h4-5,7-8H,6H2,1-3H3,(H,12,13). The van der Waals surface area contributed by atoms with E-state index in [2.05, 4.69) is 13.8 Å². The molecule has 0 aliphatic heterocycles. The first kappa shape index (κ1) is 11.8. The lowest BCUT2D eigenvalue weighted by Gasteiger charge is -2.15. The minimum Gasteiger partial charge on any atom is -0.478 e. The Morgan fingerprint density at radius 3 is 2.67 bits per heavy atom. The van der Waals surface area contributed by atoms with Gasteiger partial charge in [-0.1, -0.05) is 13.8 Å². The van der Waals surface area contributed by atoms with Crippen molar-refractivity contribution in [3.05, 3.63) is 23.7 Å². The number of carboxylic acids is 1. The Bertz CT molecular complexity index is 327. The van der Waals surface area contributed by atoms with Crippen LogP contribution in [0.4, 0.5) is 0 Å². The van der Waals surface area contributed by atoms with Crippen LogP contribution in [0.2, 0.25) is 0 Å². The number of carboxylic acid groups (broad SMARTS) is 1. The largest absolute Gasteiger partial charge is 0.478 e. The van der Waals surface area contributed by atoms with E-state index in [-0.39, 0.29) is 11.7 Å². The van der Waals surface area contributed by atoms with Crippen molar-refractivity contribution in [3.63, 3.8) is 0 Å². The number of ether oxygens (including phenoxy) is 1. The number of aromatic carboxylic acids is 1. The molecule has 4 nitrogen and oxygen atoms in total. The van der Waals surface area contributed by atoms with Crippen LogP contribution >= 0.6 is 0 Å². The maximum atomic E-state index is 10.6. The van der Waals surface area contributed by atoms with Crippen LogP contribution in [0.1, 0.15) is 36.9 Å². The average Bonchev–Trinajstić information content (AvgIpc) is 2.62. The molecule has 4 heteroatoms. The van der Waals surface area contributed by atoms with Gasteiger partial charge in [0.05, 0.1) is 11.7 Å². The summed E-state index contributed by atoms with van der Waals surface area (Å²) in [5, 5.41) is 8.66. The molecule has 1 N–H and O–H groups in total. The Kier molecular flexibility index (Phi) is 3.91. The monoisotopic (exact) mass is 212 g/mol. The van der Waals surface area contributed by atoms with Crippen molar-refractivity contribution < 1.29 is 19.1 Å². The van der Waals surface area contributed by atoms with Gasteiger partial charge in [0.2, 0.25) is 0 Å². The Labute approximate surface area is 88.8 Å². The van der Waals surface area contributed by atoms with Crippen molar-refractivity contribution in [2.24, 2.45) is 5.92 Å². The molecule has 0 radical (unpaired) electrons. The predicted molar refractivity (Wildman–Crippen MR) is 54.8 cm³/mol. The van der Waals surface area contributed by atoms with Gasteiger partial charge >= 0.3 is 5.97 Å². The molecule has 0 aromatic carbocycles. The molecule has 0 spiro atoms. The maximum absolute atomic E-state index is 10.6. The van der Waals surface area contributed by atoms with Gasteiger partial charge in [-0.05, 0) is 18.9 Å². The van der Waals surface area contributed by atoms with E-state index < -0.39 is 5.97 Å². The summed E-state index contributed by atoms with van der Waals surface area (Å²) >= 11 is 0. The van der Waals surface area contributed by atoms with Gasteiger partial charge in [0.25, 0.3) is 0 Å². The maximum Gasteiger partial charge on any atom is 0.338 e. The van der Waals surface area contributed by atoms with Crippen LogP contribution < -0.4 is 0 Å². The molecule has 1 unspecified atom stereocenters. The van der Waals surface area contributed by atoms with Crippen molar-refractivity contribution in [1.29, 1.82) is 0 Å². The van der Waals surface area contributed by atoms with Crippen LogP contribution in [0, 0.1) is 5.92 Å². The van der Waals surface area contributed by atoms with E-state index in [1.165, 1.54) is 12.3 Å². The number of furan rings is 1. The molecule has 84 valence electrons. The van der Waals surface area contributed by atoms with Gasteiger partial charge in [0.1, 0.15) is 18.6 Å². The number of hydrogen-bond acceptors (Lipinski definition) is 3. The normalized spacial score (nSPS) is 13.1. The quantitative estimate of drug-likeness (QED) is 0.814. The van der Waals surface area contributed by atoms with Gasteiger partial charge in [-0.15, -0.1) is 0 Å². The molecule has 0 aliphatic carbocycles. The third-order valence-electron chi connectivity index (χ3n) is 2.33. The Hall–Kier alpha value is -1.29. The predicted octanol–water partition coefficient (Wildman–Crippen LogP) is 2.54. The number of carbonyl (C=O) groups is 1. The van der Waals surface area contributed by atoms with E-state index in [4.69, 9.17) is 14.3 Å². The Morgan fingerprint density at radius 2 is 2.20 bits per heavy atom. The minimum absolute atomic E-state index is 0.128. The second-order valence-electron chi connectivity index (χ2n) is 3.87. The number of hydrogen-bond donors (Lipinski definition) is 1. The summed E-state index contributed by atoms with van der Waals surface area (Å²) in [5.74, 6) is -0.0132. The Balaban J connectivity index is 2.48. The average molecular weight is 212 g/mol. The van der Waals surface area contributed by atoms with Crippen molar-refractivity contribution in [2.75, 3.05) is 0 Å². The van der Waals surface area contributed by atoms with Crippen LogP contribution in [-0.4, -0.2) is 17.2 Å². The van der Waals surface area contributed by atoms with E-state index in [0.717, 1.165) is 0 Å².